The highest BCUT2D eigenvalue weighted by Crippen LogP contribution is 2.22. The molecule has 0 atom stereocenters. The van der Waals surface area contributed by atoms with Crippen LogP contribution in [0.25, 0.3) is 0 Å². The average Bonchev–Trinajstić information content (AvgIpc) is 2.20. The minimum atomic E-state index is -0.473. The molecule has 0 bridgehead atoms. The minimum Gasteiger partial charge on any atom is -0.325 e. The predicted molar refractivity (Wildman–Crippen MR) is 60.3 cm³/mol. The molecule has 5 nitrogen and oxygen atoms in total. The van der Waals surface area contributed by atoms with Gasteiger partial charge in [0.2, 0.25) is 5.91 Å². The number of nitro benzene ring substituents is 1. The van der Waals surface area contributed by atoms with Gasteiger partial charge in [-0.3, -0.25) is 14.9 Å². The van der Waals surface area contributed by atoms with E-state index >= 15 is 0 Å². The number of carbonyl (C=O) groups excluding carboxylic acids is 1. The van der Waals surface area contributed by atoms with Crippen molar-refractivity contribution in [1.29, 1.82) is 0 Å². The molecule has 0 aliphatic rings. The van der Waals surface area contributed by atoms with E-state index in [1.54, 1.807) is 19.1 Å². The number of anilines is 1. The molecular formula is C9H9BrN2O3. The van der Waals surface area contributed by atoms with Crippen molar-refractivity contribution in [3.63, 3.8) is 0 Å². The van der Waals surface area contributed by atoms with Gasteiger partial charge in [0, 0.05) is 17.3 Å². The molecule has 0 aromatic heterocycles. The summed E-state index contributed by atoms with van der Waals surface area (Å²) < 4.78 is 0. The lowest BCUT2D eigenvalue weighted by atomic mass is 10.2. The molecule has 0 spiro atoms. The maximum atomic E-state index is 11.0. The second-order valence-corrected chi connectivity index (χ2v) is 3.50. The van der Waals surface area contributed by atoms with Crippen molar-refractivity contribution in [2.45, 2.75) is 6.92 Å². The van der Waals surface area contributed by atoms with Crippen LogP contribution in [0.1, 0.15) is 5.56 Å². The van der Waals surface area contributed by atoms with Crippen molar-refractivity contribution >= 4 is 33.2 Å². The normalized spacial score (nSPS) is 9.73. The number of rotatable bonds is 3. The Labute approximate surface area is 94.8 Å². The molecule has 6 heteroatoms. The van der Waals surface area contributed by atoms with Gasteiger partial charge in [-0.15, -0.1) is 0 Å². The van der Waals surface area contributed by atoms with E-state index in [1.165, 1.54) is 6.07 Å². The third-order valence-electron chi connectivity index (χ3n) is 1.81. The van der Waals surface area contributed by atoms with Crippen molar-refractivity contribution in [2.75, 3.05) is 10.6 Å². The molecule has 0 saturated heterocycles. The van der Waals surface area contributed by atoms with E-state index in [4.69, 9.17) is 0 Å². The third-order valence-corrected chi connectivity index (χ3v) is 2.32. The Morgan fingerprint density at radius 1 is 1.60 bits per heavy atom. The number of nitrogens with zero attached hydrogens (tertiary/aromatic N) is 1. The molecule has 1 aromatic rings. The van der Waals surface area contributed by atoms with Crippen molar-refractivity contribution in [2.24, 2.45) is 0 Å². The fraction of sp³-hybridized carbons (Fsp3) is 0.222. The topological polar surface area (TPSA) is 72.2 Å². The fourth-order valence-corrected chi connectivity index (χ4v) is 1.22. The molecule has 15 heavy (non-hydrogen) atoms. The van der Waals surface area contributed by atoms with Gasteiger partial charge in [0.15, 0.2) is 0 Å². The summed E-state index contributed by atoms with van der Waals surface area (Å²) in [6.07, 6.45) is 0. The van der Waals surface area contributed by atoms with E-state index in [1.807, 2.05) is 0 Å². The van der Waals surface area contributed by atoms with Crippen molar-refractivity contribution in [3.05, 3.63) is 33.9 Å². The Morgan fingerprint density at radius 3 is 2.80 bits per heavy atom. The van der Waals surface area contributed by atoms with E-state index in [0.29, 0.717) is 11.3 Å². The number of alkyl halides is 1. The zero-order chi connectivity index (χ0) is 11.4. The molecule has 0 aliphatic carbocycles. The highest BCUT2D eigenvalue weighted by molar-refractivity contribution is 9.09. The molecule has 80 valence electrons. The van der Waals surface area contributed by atoms with E-state index < -0.39 is 4.92 Å². The maximum Gasteiger partial charge on any atom is 0.274 e. The van der Waals surface area contributed by atoms with Crippen LogP contribution >= 0.6 is 15.9 Å². The van der Waals surface area contributed by atoms with Crippen LogP contribution in [0.4, 0.5) is 11.4 Å². The molecule has 1 aromatic carbocycles. The Balaban J connectivity index is 2.97. The SMILES string of the molecule is Cc1ccc(NC(=O)CBr)cc1[N+](=O)[O-]. The maximum absolute atomic E-state index is 11.0. The summed E-state index contributed by atoms with van der Waals surface area (Å²) in [5.41, 5.74) is 0.996. The number of amides is 1. The second-order valence-electron chi connectivity index (χ2n) is 2.94. The lowest BCUT2D eigenvalue weighted by molar-refractivity contribution is -0.385. The Bertz CT molecular complexity index is 406. The minimum absolute atomic E-state index is 0.00220. The summed E-state index contributed by atoms with van der Waals surface area (Å²) in [4.78, 5) is 21.2. The standard InChI is InChI=1S/C9H9BrN2O3/c1-6-2-3-7(11-9(13)5-10)4-8(6)12(14)15/h2-4H,5H2,1H3,(H,11,13). The summed E-state index contributed by atoms with van der Waals surface area (Å²) >= 11 is 2.99. The molecule has 1 N–H and O–H groups in total. The highest BCUT2D eigenvalue weighted by atomic mass is 79.9. The van der Waals surface area contributed by atoms with E-state index in [2.05, 4.69) is 21.2 Å². The molecule has 0 aliphatic heterocycles. The summed E-state index contributed by atoms with van der Waals surface area (Å²) in [6.45, 7) is 1.65. The van der Waals surface area contributed by atoms with Crippen molar-refractivity contribution in [1.82, 2.24) is 0 Å². The fourth-order valence-electron chi connectivity index (χ4n) is 1.08. The summed E-state index contributed by atoms with van der Waals surface area (Å²) in [7, 11) is 0. The molecule has 1 amide bonds. The quantitative estimate of drug-likeness (QED) is 0.521. The zero-order valence-electron chi connectivity index (χ0n) is 7.99. The van der Waals surface area contributed by atoms with Crippen LogP contribution in [0.3, 0.4) is 0 Å². The Kier molecular flexibility index (Phi) is 3.79. The number of hydrogen-bond acceptors (Lipinski definition) is 3. The van der Waals surface area contributed by atoms with E-state index in [9.17, 15) is 14.9 Å². The van der Waals surface area contributed by atoms with Gasteiger partial charge in [0.05, 0.1) is 10.3 Å². The largest absolute Gasteiger partial charge is 0.325 e. The first kappa shape index (κ1) is 11.6. The van der Waals surface area contributed by atoms with Gasteiger partial charge in [0.1, 0.15) is 0 Å². The van der Waals surface area contributed by atoms with Gasteiger partial charge < -0.3 is 5.32 Å². The molecule has 0 unspecified atom stereocenters. The lowest BCUT2D eigenvalue weighted by Crippen LogP contribution is -2.12. The first-order chi connectivity index (χ1) is 7.04. The predicted octanol–water partition coefficient (Wildman–Crippen LogP) is 2.24. The van der Waals surface area contributed by atoms with Gasteiger partial charge in [-0.05, 0) is 13.0 Å². The number of nitro groups is 1. The van der Waals surface area contributed by atoms with E-state index in [-0.39, 0.29) is 16.9 Å². The van der Waals surface area contributed by atoms with Gasteiger partial charge >= 0.3 is 0 Å². The summed E-state index contributed by atoms with van der Waals surface area (Å²) in [5.74, 6) is -0.242. The van der Waals surface area contributed by atoms with Gasteiger partial charge in [-0.1, -0.05) is 22.0 Å². The number of aryl methyl sites for hydroxylation is 1. The Hall–Kier alpha value is -1.43. The van der Waals surface area contributed by atoms with Crippen LogP contribution < -0.4 is 5.32 Å². The first-order valence-electron chi connectivity index (χ1n) is 4.15. The summed E-state index contributed by atoms with van der Waals surface area (Å²) in [6, 6.07) is 4.57. The first-order valence-corrected chi connectivity index (χ1v) is 5.27. The van der Waals surface area contributed by atoms with Crippen LogP contribution in [0.2, 0.25) is 0 Å². The molecular weight excluding hydrogens is 264 g/mol. The number of halogens is 1. The van der Waals surface area contributed by atoms with Crippen LogP contribution in [0.15, 0.2) is 18.2 Å². The number of nitrogens with one attached hydrogen (secondary N) is 1. The number of benzene rings is 1. The summed E-state index contributed by atoms with van der Waals surface area (Å²) in [5, 5.41) is 13.3. The Morgan fingerprint density at radius 2 is 2.27 bits per heavy atom. The van der Waals surface area contributed by atoms with Crippen LogP contribution in [-0.4, -0.2) is 16.2 Å². The average molecular weight is 273 g/mol. The molecule has 0 radical (unpaired) electrons. The van der Waals surface area contributed by atoms with Gasteiger partial charge in [0.25, 0.3) is 5.69 Å². The third kappa shape index (κ3) is 3.02. The molecule has 0 heterocycles. The van der Waals surface area contributed by atoms with Gasteiger partial charge in [-0.2, -0.15) is 0 Å². The van der Waals surface area contributed by atoms with Crippen LogP contribution in [0.5, 0.6) is 0 Å². The monoisotopic (exact) mass is 272 g/mol. The van der Waals surface area contributed by atoms with Crippen molar-refractivity contribution < 1.29 is 9.72 Å². The number of carbonyl (C=O) groups is 1. The second kappa shape index (κ2) is 4.88. The van der Waals surface area contributed by atoms with Gasteiger partial charge in [-0.25, -0.2) is 0 Å². The van der Waals surface area contributed by atoms with E-state index in [0.717, 1.165) is 0 Å². The number of hydrogen-bond donors (Lipinski definition) is 1. The molecule has 0 fully saturated rings. The highest BCUT2D eigenvalue weighted by Gasteiger charge is 2.11. The van der Waals surface area contributed by atoms with Crippen molar-refractivity contribution in [3.8, 4) is 0 Å². The zero-order valence-corrected chi connectivity index (χ0v) is 9.58. The molecule has 0 saturated carbocycles. The van der Waals surface area contributed by atoms with Crippen LogP contribution in [-0.2, 0) is 4.79 Å². The molecule has 1 rings (SSSR count). The van der Waals surface area contributed by atoms with Crippen LogP contribution in [0, 0.1) is 17.0 Å². The smallest absolute Gasteiger partial charge is 0.274 e. The lowest BCUT2D eigenvalue weighted by Gasteiger charge is -2.03.